The van der Waals surface area contributed by atoms with Gasteiger partial charge in [0.2, 0.25) is 0 Å². The van der Waals surface area contributed by atoms with Gasteiger partial charge in [-0.25, -0.2) is 0 Å². The number of aromatic nitrogens is 1. The molecule has 0 saturated heterocycles. The molecule has 0 atom stereocenters. The van der Waals surface area contributed by atoms with E-state index in [1.165, 1.54) is 0 Å². The normalized spacial score (nSPS) is 11.1. The fourth-order valence-corrected chi connectivity index (χ4v) is 1.66. The van der Waals surface area contributed by atoms with Gasteiger partial charge in [-0.15, -0.1) is 0 Å². The monoisotopic (exact) mass is 234 g/mol. The maximum Gasteiger partial charge on any atom is 0.127 e. The molecule has 17 heavy (non-hydrogen) atoms. The highest BCUT2D eigenvalue weighted by Crippen LogP contribution is 2.20. The number of hydrogen-bond donors (Lipinski definition) is 0. The summed E-state index contributed by atoms with van der Waals surface area (Å²) >= 11 is 0. The summed E-state index contributed by atoms with van der Waals surface area (Å²) < 4.78 is 6.99. The fourth-order valence-electron chi connectivity index (χ4n) is 1.66. The maximum atomic E-state index is 5.68. The van der Waals surface area contributed by atoms with Gasteiger partial charge < -0.3 is 14.5 Å². The largest absolute Gasteiger partial charge is 0.497 e. The summed E-state index contributed by atoms with van der Waals surface area (Å²) in [7, 11) is 5.73. The van der Waals surface area contributed by atoms with Crippen LogP contribution in [0.1, 0.15) is 0 Å². The Morgan fingerprint density at radius 3 is 2.76 bits per heavy atom. The zero-order valence-electron chi connectivity index (χ0n) is 10.5. The van der Waals surface area contributed by atoms with E-state index in [-0.39, 0.29) is 0 Å². The molecule has 92 valence electrons. The second-order valence-corrected chi connectivity index (χ2v) is 4.20. The average molecular weight is 234 g/mol. The van der Waals surface area contributed by atoms with Crippen LogP contribution in [0.25, 0.3) is 10.9 Å². The summed E-state index contributed by atoms with van der Waals surface area (Å²) in [5.74, 6) is 0.864. The highest BCUT2D eigenvalue weighted by molar-refractivity contribution is 5.81. The smallest absolute Gasteiger partial charge is 0.127 e. The molecular weight excluding hydrogens is 216 g/mol. The van der Waals surface area contributed by atoms with Crippen LogP contribution in [-0.4, -0.2) is 44.0 Å². The Kier molecular flexibility index (Phi) is 3.54. The Morgan fingerprint density at radius 1 is 1.24 bits per heavy atom. The Balaban J connectivity index is 2.13. The van der Waals surface area contributed by atoms with E-state index in [0.717, 1.165) is 23.2 Å². The summed E-state index contributed by atoms with van der Waals surface area (Å²) in [6, 6.07) is 7.96. The van der Waals surface area contributed by atoms with E-state index in [2.05, 4.69) is 4.90 Å². The lowest BCUT2D eigenvalue weighted by molar-refractivity contribution is 0.106. The first-order valence-corrected chi connectivity index (χ1v) is 5.64. The van der Waals surface area contributed by atoms with Crippen molar-refractivity contribution in [1.29, 1.82) is 0 Å². The second-order valence-electron chi connectivity index (χ2n) is 4.20. The highest BCUT2D eigenvalue weighted by atomic mass is 16.7. The summed E-state index contributed by atoms with van der Waals surface area (Å²) in [4.78, 5) is 7.77. The van der Waals surface area contributed by atoms with Crippen molar-refractivity contribution in [3.63, 3.8) is 0 Å². The second kappa shape index (κ2) is 5.10. The van der Waals surface area contributed by atoms with Gasteiger partial charge in [0, 0.05) is 18.1 Å². The van der Waals surface area contributed by atoms with Crippen molar-refractivity contribution >= 4 is 10.9 Å². The molecule has 0 radical (unpaired) electrons. The Labute approximate surface area is 101 Å². The summed E-state index contributed by atoms with van der Waals surface area (Å²) in [5.41, 5.74) is 1.06. The third-order valence-corrected chi connectivity index (χ3v) is 2.63. The van der Waals surface area contributed by atoms with E-state index in [1.54, 1.807) is 11.8 Å². The van der Waals surface area contributed by atoms with E-state index in [9.17, 15) is 0 Å². The highest BCUT2D eigenvalue weighted by Gasteiger charge is 2.03. The van der Waals surface area contributed by atoms with Crippen LogP contribution in [-0.2, 0) is 0 Å². The lowest BCUT2D eigenvalue weighted by Gasteiger charge is -2.12. The number of fused-ring (bicyclic) bond motifs is 1. The van der Waals surface area contributed by atoms with E-state index in [1.807, 2.05) is 44.6 Å². The Hall–Kier alpha value is -1.68. The van der Waals surface area contributed by atoms with Crippen molar-refractivity contribution in [3.05, 3.63) is 30.5 Å². The van der Waals surface area contributed by atoms with E-state index >= 15 is 0 Å². The molecule has 2 aromatic rings. The van der Waals surface area contributed by atoms with Gasteiger partial charge in [0.25, 0.3) is 0 Å². The van der Waals surface area contributed by atoms with Crippen molar-refractivity contribution in [2.45, 2.75) is 0 Å². The van der Waals surface area contributed by atoms with Gasteiger partial charge in [0.1, 0.15) is 12.4 Å². The van der Waals surface area contributed by atoms with Crippen LogP contribution in [0.4, 0.5) is 0 Å². The minimum atomic E-state index is 0.669. The zero-order valence-corrected chi connectivity index (χ0v) is 10.5. The van der Waals surface area contributed by atoms with E-state index in [0.29, 0.717) is 6.61 Å². The SMILES string of the molecule is COc1ccc2c(ccn2OCCN(C)C)c1. The molecule has 0 N–H and O–H groups in total. The Morgan fingerprint density at radius 2 is 2.06 bits per heavy atom. The predicted molar refractivity (Wildman–Crippen MR) is 68.5 cm³/mol. The molecule has 4 heteroatoms. The van der Waals surface area contributed by atoms with Gasteiger partial charge >= 0.3 is 0 Å². The molecule has 0 unspecified atom stereocenters. The average Bonchev–Trinajstić information content (AvgIpc) is 2.71. The van der Waals surface area contributed by atoms with Gasteiger partial charge in [-0.3, -0.25) is 0 Å². The number of nitrogens with zero attached hydrogens (tertiary/aromatic N) is 2. The molecule has 1 aromatic carbocycles. The quantitative estimate of drug-likeness (QED) is 0.787. The third-order valence-electron chi connectivity index (χ3n) is 2.63. The first-order valence-electron chi connectivity index (χ1n) is 5.64. The molecule has 0 bridgehead atoms. The van der Waals surface area contributed by atoms with Crippen molar-refractivity contribution in [1.82, 2.24) is 9.63 Å². The minimum absolute atomic E-state index is 0.669. The number of ether oxygens (including phenoxy) is 1. The first-order chi connectivity index (χ1) is 8.20. The van der Waals surface area contributed by atoms with Crippen LogP contribution < -0.4 is 9.57 Å². The molecule has 0 spiro atoms. The molecule has 1 heterocycles. The molecule has 0 aliphatic carbocycles. The minimum Gasteiger partial charge on any atom is -0.497 e. The van der Waals surface area contributed by atoms with Crippen LogP contribution in [0.15, 0.2) is 30.5 Å². The molecule has 0 amide bonds. The van der Waals surface area contributed by atoms with Crippen LogP contribution in [0.2, 0.25) is 0 Å². The molecular formula is C13H18N2O2. The van der Waals surface area contributed by atoms with Gasteiger partial charge in [-0.2, -0.15) is 4.73 Å². The number of benzene rings is 1. The van der Waals surface area contributed by atoms with Gasteiger partial charge in [0.15, 0.2) is 0 Å². The number of methoxy groups -OCH3 is 1. The molecule has 4 nitrogen and oxygen atoms in total. The van der Waals surface area contributed by atoms with Crippen molar-refractivity contribution in [3.8, 4) is 5.75 Å². The van der Waals surface area contributed by atoms with Crippen LogP contribution in [0, 0.1) is 0 Å². The first kappa shape index (κ1) is 11.8. The van der Waals surface area contributed by atoms with Gasteiger partial charge in [0.05, 0.1) is 12.6 Å². The fraction of sp³-hybridized carbons (Fsp3) is 0.385. The molecule has 0 aliphatic rings. The van der Waals surface area contributed by atoms with Crippen molar-refractivity contribution in [2.24, 2.45) is 0 Å². The summed E-state index contributed by atoms with van der Waals surface area (Å²) in [6.45, 7) is 1.57. The summed E-state index contributed by atoms with van der Waals surface area (Å²) in [5, 5.41) is 1.12. The van der Waals surface area contributed by atoms with Crippen LogP contribution in [0.5, 0.6) is 5.75 Å². The predicted octanol–water partition coefficient (Wildman–Crippen LogP) is 1.64. The molecule has 0 fully saturated rings. The lowest BCUT2D eigenvalue weighted by atomic mass is 10.2. The van der Waals surface area contributed by atoms with Crippen LogP contribution >= 0.6 is 0 Å². The van der Waals surface area contributed by atoms with Crippen molar-refractivity contribution in [2.75, 3.05) is 34.4 Å². The number of hydrogen-bond acceptors (Lipinski definition) is 3. The van der Waals surface area contributed by atoms with E-state index < -0.39 is 0 Å². The van der Waals surface area contributed by atoms with Crippen LogP contribution in [0.3, 0.4) is 0 Å². The topological polar surface area (TPSA) is 26.6 Å². The summed E-state index contributed by atoms with van der Waals surface area (Å²) in [6.07, 6.45) is 1.93. The number of rotatable bonds is 5. The molecule has 0 aliphatic heterocycles. The zero-order chi connectivity index (χ0) is 12.3. The standard InChI is InChI=1S/C13H18N2O2/c1-14(2)8-9-17-15-7-6-11-10-12(16-3)4-5-13(11)15/h4-7,10H,8-9H2,1-3H3. The molecule has 0 saturated carbocycles. The third kappa shape index (κ3) is 2.71. The molecule has 2 rings (SSSR count). The number of likely N-dealkylation sites (N-methyl/N-ethyl adjacent to an activating group) is 1. The van der Waals surface area contributed by atoms with Crippen molar-refractivity contribution < 1.29 is 9.57 Å². The van der Waals surface area contributed by atoms with E-state index in [4.69, 9.17) is 9.57 Å². The molecule has 1 aromatic heterocycles. The Bertz CT molecular complexity index is 491. The van der Waals surface area contributed by atoms with Gasteiger partial charge in [-0.1, -0.05) is 0 Å². The maximum absolute atomic E-state index is 5.68. The lowest BCUT2D eigenvalue weighted by Crippen LogP contribution is -2.23. The van der Waals surface area contributed by atoms with Gasteiger partial charge in [-0.05, 0) is 38.4 Å².